The van der Waals surface area contributed by atoms with Gasteiger partial charge in [0.2, 0.25) is 0 Å². The molecule has 108 valence electrons. The van der Waals surface area contributed by atoms with Gasteiger partial charge in [-0.1, -0.05) is 18.5 Å². The lowest BCUT2D eigenvalue weighted by Crippen LogP contribution is -2.32. The van der Waals surface area contributed by atoms with E-state index in [4.69, 9.17) is 11.6 Å². The molecule has 1 aromatic carbocycles. The summed E-state index contributed by atoms with van der Waals surface area (Å²) in [5.74, 6) is 1.13. The van der Waals surface area contributed by atoms with Crippen molar-refractivity contribution >= 4 is 29.1 Å². The molecule has 0 saturated carbocycles. The normalized spacial score (nSPS) is 12.5. The number of hydrogen-bond donors (Lipinski definition) is 1. The van der Waals surface area contributed by atoms with Crippen molar-refractivity contribution in [1.29, 1.82) is 0 Å². The van der Waals surface area contributed by atoms with Crippen molar-refractivity contribution in [3.63, 3.8) is 0 Å². The van der Waals surface area contributed by atoms with Crippen molar-refractivity contribution in [3.05, 3.63) is 28.8 Å². The Bertz CT molecular complexity index is 384. The Balaban J connectivity index is 2.85. The van der Waals surface area contributed by atoms with Crippen LogP contribution >= 0.6 is 23.4 Å². The highest BCUT2D eigenvalue weighted by Gasteiger charge is 2.13. The van der Waals surface area contributed by atoms with Crippen molar-refractivity contribution < 1.29 is 0 Å². The van der Waals surface area contributed by atoms with Gasteiger partial charge in [-0.2, -0.15) is 11.8 Å². The molecule has 0 saturated heterocycles. The van der Waals surface area contributed by atoms with Crippen molar-refractivity contribution in [2.24, 2.45) is 0 Å². The SMILES string of the molecule is CCCNCc1cc(Cl)ccc1N(C)C(C)CSC. The van der Waals surface area contributed by atoms with Crippen LogP contribution in [0.25, 0.3) is 0 Å². The summed E-state index contributed by atoms with van der Waals surface area (Å²) in [5.41, 5.74) is 2.55. The van der Waals surface area contributed by atoms with E-state index in [2.05, 4.69) is 49.5 Å². The van der Waals surface area contributed by atoms with Gasteiger partial charge in [-0.15, -0.1) is 0 Å². The van der Waals surface area contributed by atoms with E-state index in [1.54, 1.807) is 0 Å². The van der Waals surface area contributed by atoms with Gasteiger partial charge in [0.05, 0.1) is 0 Å². The maximum absolute atomic E-state index is 6.12. The van der Waals surface area contributed by atoms with E-state index < -0.39 is 0 Å². The number of nitrogens with one attached hydrogen (secondary N) is 1. The van der Waals surface area contributed by atoms with E-state index >= 15 is 0 Å². The lowest BCUT2D eigenvalue weighted by atomic mass is 10.1. The van der Waals surface area contributed by atoms with Crippen LogP contribution in [0.5, 0.6) is 0 Å². The molecule has 0 bridgehead atoms. The molecule has 0 radical (unpaired) electrons. The molecule has 0 heterocycles. The fourth-order valence-electron chi connectivity index (χ4n) is 2.03. The zero-order valence-electron chi connectivity index (χ0n) is 12.4. The number of nitrogens with zero attached hydrogens (tertiary/aromatic N) is 1. The number of hydrogen-bond acceptors (Lipinski definition) is 3. The maximum Gasteiger partial charge on any atom is 0.0412 e. The fourth-order valence-corrected chi connectivity index (χ4v) is 2.93. The van der Waals surface area contributed by atoms with E-state index in [-0.39, 0.29) is 0 Å². The molecule has 0 aliphatic rings. The Hall–Kier alpha value is -0.380. The van der Waals surface area contributed by atoms with Gasteiger partial charge in [-0.3, -0.25) is 0 Å². The summed E-state index contributed by atoms with van der Waals surface area (Å²) in [7, 11) is 2.16. The molecular formula is C15H25ClN2S. The molecule has 0 aliphatic heterocycles. The molecule has 1 atom stereocenters. The van der Waals surface area contributed by atoms with E-state index in [0.717, 1.165) is 30.3 Å². The van der Waals surface area contributed by atoms with Crippen molar-refractivity contribution in [1.82, 2.24) is 5.32 Å². The summed E-state index contributed by atoms with van der Waals surface area (Å²) in [6.07, 6.45) is 3.30. The summed E-state index contributed by atoms with van der Waals surface area (Å²) < 4.78 is 0. The zero-order valence-corrected chi connectivity index (χ0v) is 13.9. The molecule has 1 unspecified atom stereocenters. The number of benzene rings is 1. The highest BCUT2D eigenvalue weighted by molar-refractivity contribution is 7.98. The van der Waals surface area contributed by atoms with Crippen LogP contribution in [-0.2, 0) is 6.54 Å². The first-order valence-electron chi connectivity index (χ1n) is 6.81. The van der Waals surface area contributed by atoms with Gasteiger partial charge >= 0.3 is 0 Å². The Labute approximate surface area is 126 Å². The fraction of sp³-hybridized carbons (Fsp3) is 0.600. The van der Waals surface area contributed by atoms with E-state index in [1.807, 2.05) is 17.8 Å². The molecule has 1 N–H and O–H groups in total. The molecule has 0 aromatic heterocycles. The van der Waals surface area contributed by atoms with Crippen LogP contribution < -0.4 is 10.2 Å². The Morgan fingerprint density at radius 3 is 2.79 bits per heavy atom. The second-order valence-electron chi connectivity index (χ2n) is 4.87. The summed E-state index contributed by atoms with van der Waals surface area (Å²) in [4.78, 5) is 2.34. The third kappa shape index (κ3) is 5.25. The maximum atomic E-state index is 6.12. The second kappa shape index (κ2) is 8.72. The third-order valence-electron chi connectivity index (χ3n) is 3.23. The van der Waals surface area contributed by atoms with E-state index in [0.29, 0.717) is 6.04 Å². The predicted molar refractivity (Wildman–Crippen MR) is 89.7 cm³/mol. The summed E-state index contributed by atoms with van der Waals surface area (Å²) in [6, 6.07) is 6.69. The molecule has 1 rings (SSSR count). The van der Waals surface area contributed by atoms with Gasteiger partial charge in [0.1, 0.15) is 0 Å². The molecular weight excluding hydrogens is 276 g/mol. The predicted octanol–water partition coefficient (Wildman–Crippen LogP) is 4.03. The largest absolute Gasteiger partial charge is 0.371 e. The van der Waals surface area contributed by atoms with Crippen molar-refractivity contribution in [2.45, 2.75) is 32.9 Å². The number of thioether (sulfide) groups is 1. The molecule has 0 spiro atoms. The smallest absolute Gasteiger partial charge is 0.0412 e. The van der Waals surface area contributed by atoms with Crippen LogP contribution in [0.4, 0.5) is 5.69 Å². The Morgan fingerprint density at radius 1 is 1.42 bits per heavy atom. The molecule has 1 aromatic rings. The van der Waals surface area contributed by atoms with Gasteiger partial charge in [0.25, 0.3) is 0 Å². The minimum atomic E-state index is 0.515. The third-order valence-corrected chi connectivity index (χ3v) is 4.28. The summed E-state index contributed by atoms with van der Waals surface area (Å²) in [5, 5.41) is 4.26. The molecule has 0 fully saturated rings. The molecule has 0 amide bonds. The van der Waals surface area contributed by atoms with Gasteiger partial charge < -0.3 is 10.2 Å². The Morgan fingerprint density at radius 2 is 2.16 bits per heavy atom. The van der Waals surface area contributed by atoms with Crippen LogP contribution in [0.2, 0.25) is 5.02 Å². The van der Waals surface area contributed by atoms with E-state index in [9.17, 15) is 0 Å². The molecule has 4 heteroatoms. The van der Waals surface area contributed by atoms with Crippen LogP contribution in [0.3, 0.4) is 0 Å². The van der Waals surface area contributed by atoms with Gasteiger partial charge in [0, 0.05) is 36.1 Å². The standard InChI is InChI=1S/C15H25ClN2S/c1-5-8-17-10-13-9-14(16)6-7-15(13)18(3)12(2)11-19-4/h6-7,9,12,17H,5,8,10-11H2,1-4H3. The minimum absolute atomic E-state index is 0.515. The topological polar surface area (TPSA) is 15.3 Å². The quantitative estimate of drug-likeness (QED) is 0.730. The van der Waals surface area contributed by atoms with Crippen molar-refractivity contribution in [2.75, 3.05) is 30.5 Å². The lowest BCUT2D eigenvalue weighted by Gasteiger charge is -2.29. The number of halogens is 1. The monoisotopic (exact) mass is 300 g/mol. The first-order chi connectivity index (χ1) is 9.10. The van der Waals surface area contributed by atoms with Crippen molar-refractivity contribution in [3.8, 4) is 0 Å². The van der Waals surface area contributed by atoms with Gasteiger partial charge in [0.15, 0.2) is 0 Å². The van der Waals surface area contributed by atoms with Crippen LogP contribution in [-0.4, -0.2) is 31.6 Å². The van der Waals surface area contributed by atoms with Gasteiger partial charge in [-0.25, -0.2) is 0 Å². The van der Waals surface area contributed by atoms with Crippen LogP contribution in [0.15, 0.2) is 18.2 Å². The number of anilines is 1. The summed E-state index contributed by atoms with van der Waals surface area (Å²) in [6.45, 7) is 6.35. The highest BCUT2D eigenvalue weighted by atomic mass is 35.5. The first-order valence-corrected chi connectivity index (χ1v) is 8.58. The molecule has 19 heavy (non-hydrogen) atoms. The lowest BCUT2D eigenvalue weighted by molar-refractivity contribution is 0.670. The van der Waals surface area contributed by atoms with Gasteiger partial charge in [-0.05, 0) is 49.9 Å². The summed E-state index contributed by atoms with van der Waals surface area (Å²) >= 11 is 8.00. The zero-order chi connectivity index (χ0) is 14.3. The minimum Gasteiger partial charge on any atom is -0.371 e. The average Bonchev–Trinajstić information content (AvgIpc) is 2.39. The average molecular weight is 301 g/mol. The Kier molecular flexibility index (Phi) is 7.66. The molecule has 0 aliphatic carbocycles. The molecule has 2 nitrogen and oxygen atoms in total. The van der Waals surface area contributed by atoms with Crippen LogP contribution in [0.1, 0.15) is 25.8 Å². The highest BCUT2D eigenvalue weighted by Crippen LogP contribution is 2.25. The number of rotatable bonds is 8. The van der Waals surface area contributed by atoms with Crippen LogP contribution in [0, 0.1) is 0 Å². The first kappa shape index (κ1) is 16.7. The van der Waals surface area contributed by atoms with E-state index in [1.165, 1.54) is 11.3 Å². The second-order valence-corrected chi connectivity index (χ2v) is 6.21.